The van der Waals surface area contributed by atoms with Crippen molar-refractivity contribution in [2.45, 2.75) is 12.8 Å². The smallest absolute Gasteiger partial charge is 0.251 e. The molecule has 0 aliphatic heterocycles. The zero-order valence-corrected chi connectivity index (χ0v) is 11.1. The van der Waals surface area contributed by atoms with E-state index in [9.17, 15) is 13.6 Å². The molecular weight excluding hydrogens is 292 g/mol. The number of hydrogen-bond acceptors (Lipinski definition) is 2. The predicted octanol–water partition coefficient (Wildman–Crippen LogP) is 3.22. The number of benzene rings is 1. The summed E-state index contributed by atoms with van der Waals surface area (Å²) in [5, 5.41) is 0. The molecule has 0 fully saturated rings. The lowest BCUT2D eigenvalue weighted by Crippen LogP contribution is -2.27. The molecule has 0 heterocycles. The Morgan fingerprint density at radius 2 is 2.18 bits per heavy atom. The van der Waals surface area contributed by atoms with Gasteiger partial charge in [-0.25, -0.2) is 8.78 Å². The molecule has 0 spiro atoms. The normalized spacial score (nSPS) is 11.2. The van der Waals surface area contributed by atoms with Crippen molar-refractivity contribution >= 4 is 21.7 Å². The molecule has 0 radical (unpaired) electrons. The summed E-state index contributed by atoms with van der Waals surface area (Å²) in [6, 6.07) is 7.07. The first-order valence-corrected chi connectivity index (χ1v) is 6.04. The van der Waals surface area contributed by atoms with Crippen LogP contribution in [0.25, 0.3) is 0 Å². The van der Waals surface area contributed by atoms with Gasteiger partial charge in [0.05, 0.1) is 6.54 Å². The summed E-state index contributed by atoms with van der Waals surface area (Å²) in [6.07, 6.45) is -2.11. The third-order valence-corrected chi connectivity index (χ3v) is 2.81. The van der Waals surface area contributed by atoms with Crippen LogP contribution in [0.4, 0.5) is 8.78 Å². The summed E-state index contributed by atoms with van der Waals surface area (Å²) >= 11 is 3.28. The molecule has 1 rings (SSSR count). The Balaban J connectivity index is 2.45. The average molecular weight is 306 g/mol. The lowest BCUT2D eigenvalue weighted by molar-refractivity contribution is 0.0881. The van der Waals surface area contributed by atoms with Crippen molar-refractivity contribution in [3.63, 3.8) is 0 Å². The molecule has 2 nitrogen and oxygen atoms in total. The fourth-order valence-corrected chi connectivity index (χ4v) is 1.82. The topological polar surface area (TPSA) is 20.3 Å². The molecule has 0 bridgehead atoms. The monoisotopic (exact) mass is 305 g/mol. The summed E-state index contributed by atoms with van der Waals surface area (Å²) in [7, 11) is 1.58. The Kier molecular flexibility index (Phi) is 5.71. The van der Waals surface area contributed by atoms with E-state index < -0.39 is 6.43 Å². The number of Topliss-reactive ketones (excluding diaryl/α,β-unsaturated/α-hetero) is 1. The minimum absolute atomic E-state index is 0.0348. The van der Waals surface area contributed by atoms with Gasteiger partial charge in [0, 0.05) is 23.0 Å². The number of hydrogen-bond donors (Lipinski definition) is 0. The Hall–Kier alpha value is -0.810. The third-order valence-electron chi connectivity index (χ3n) is 2.32. The van der Waals surface area contributed by atoms with Crippen molar-refractivity contribution in [1.82, 2.24) is 4.90 Å². The van der Waals surface area contributed by atoms with E-state index in [2.05, 4.69) is 15.9 Å². The van der Waals surface area contributed by atoms with E-state index in [0.29, 0.717) is 12.1 Å². The van der Waals surface area contributed by atoms with Crippen molar-refractivity contribution in [2.75, 3.05) is 20.1 Å². The Morgan fingerprint density at radius 3 is 2.76 bits per heavy atom. The maximum absolute atomic E-state index is 12.1. The van der Waals surface area contributed by atoms with Crippen molar-refractivity contribution in [3.05, 3.63) is 34.3 Å². The first-order valence-electron chi connectivity index (χ1n) is 5.24. The highest BCUT2D eigenvalue weighted by Gasteiger charge is 2.11. The average Bonchev–Trinajstić information content (AvgIpc) is 2.25. The first kappa shape index (κ1) is 14.3. The highest BCUT2D eigenvalue weighted by molar-refractivity contribution is 9.10. The Morgan fingerprint density at radius 1 is 1.47 bits per heavy atom. The number of ketones is 1. The van der Waals surface area contributed by atoms with Gasteiger partial charge in [0.2, 0.25) is 0 Å². The van der Waals surface area contributed by atoms with Crippen LogP contribution in [0.3, 0.4) is 0 Å². The predicted molar refractivity (Wildman–Crippen MR) is 66.6 cm³/mol. The van der Waals surface area contributed by atoms with Gasteiger partial charge >= 0.3 is 0 Å². The summed E-state index contributed by atoms with van der Waals surface area (Å²) < 4.78 is 24.9. The zero-order valence-electron chi connectivity index (χ0n) is 9.50. The summed E-state index contributed by atoms with van der Waals surface area (Å²) in [6.45, 7) is 0.0431. The van der Waals surface area contributed by atoms with E-state index in [1.807, 2.05) is 6.07 Å². The molecule has 0 saturated heterocycles. The first-order chi connectivity index (χ1) is 7.99. The molecule has 5 heteroatoms. The van der Waals surface area contributed by atoms with Crippen molar-refractivity contribution in [3.8, 4) is 0 Å². The molecular formula is C12H14BrF2NO. The van der Waals surface area contributed by atoms with Crippen molar-refractivity contribution in [1.29, 1.82) is 0 Å². The number of nitrogens with zero attached hydrogens (tertiary/aromatic N) is 1. The van der Waals surface area contributed by atoms with Gasteiger partial charge in [0.15, 0.2) is 5.78 Å². The van der Waals surface area contributed by atoms with Crippen LogP contribution in [0, 0.1) is 0 Å². The van der Waals surface area contributed by atoms with E-state index in [-0.39, 0.29) is 18.7 Å². The van der Waals surface area contributed by atoms with Gasteiger partial charge in [0.25, 0.3) is 6.43 Å². The molecule has 17 heavy (non-hydrogen) atoms. The highest BCUT2D eigenvalue weighted by atomic mass is 79.9. The summed E-state index contributed by atoms with van der Waals surface area (Å²) in [5.74, 6) is -0.0348. The quantitative estimate of drug-likeness (QED) is 0.752. The molecule has 0 aromatic heterocycles. The van der Waals surface area contributed by atoms with Crippen LogP contribution in [0.1, 0.15) is 16.8 Å². The second-order valence-corrected chi connectivity index (χ2v) is 4.75. The van der Waals surface area contributed by atoms with Crippen LogP contribution in [-0.4, -0.2) is 37.2 Å². The number of carbonyl (C=O) groups is 1. The second-order valence-electron chi connectivity index (χ2n) is 3.84. The molecule has 94 valence electrons. The molecule has 0 unspecified atom stereocenters. The van der Waals surface area contributed by atoms with Crippen LogP contribution in [-0.2, 0) is 0 Å². The van der Waals surface area contributed by atoms with Gasteiger partial charge in [-0.15, -0.1) is 0 Å². The van der Waals surface area contributed by atoms with E-state index in [1.54, 1.807) is 25.2 Å². The SMILES string of the molecule is CN(CCC(=O)c1cccc(Br)c1)CC(F)F. The van der Waals surface area contributed by atoms with Crippen LogP contribution in [0.5, 0.6) is 0 Å². The Labute approximate surface area is 108 Å². The standard InChI is InChI=1S/C12H14BrF2NO/c1-16(8-12(14)15)6-5-11(17)9-3-2-4-10(13)7-9/h2-4,7,12H,5-6,8H2,1H3. The lowest BCUT2D eigenvalue weighted by Gasteiger charge is -2.15. The second kappa shape index (κ2) is 6.81. The molecule has 0 aliphatic rings. The van der Waals surface area contributed by atoms with E-state index in [1.165, 1.54) is 4.90 Å². The fraction of sp³-hybridized carbons (Fsp3) is 0.417. The van der Waals surface area contributed by atoms with Gasteiger partial charge in [0.1, 0.15) is 0 Å². The van der Waals surface area contributed by atoms with E-state index in [4.69, 9.17) is 0 Å². The Bertz CT molecular complexity index is 385. The van der Waals surface area contributed by atoms with Gasteiger partial charge in [-0.1, -0.05) is 28.1 Å². The third kappa shape index (κ3) is 5.37. The van der Waals surface area contributed by atoms with Gasteiger partial charge < -0.3 is 4.90 Å². The maximum Gasteiger partial charge on any atom is 0.251 e. The molecule has 1 aromatic carbocycles. The van der Waals surface area contributed by atoms with E-state index in [0.717, 1.165) is 4.47 Å². The minimum Gasteiger partial charge on any atom is -0.300 e. The fourth-order valence-electron chi connectivity index (χ4n) is 1.43. The minimum atomic E-state index is -2.36. The molecule has 1 aromatic rings. The largest absolute Gasteiger partial charge is 0.300 e. The van der Waals surface area contributed by atoms with Crippen LogP contribution >= 0.6 is 15.9 Å². The van der Waals surface area contributed by atoms with E-state index >= 15 is 0 Å². The summed E-state index contributed by atoms with van der Waals surface area (Å²) in [5.41, 5.74) is 0.602. The van der Waals surface area contributed by atoms with Crippen LogP contribution < -0.4 is 0 Å². The number of halogens is 3. The van der Waals surface area contributed by atoms with Gasteiger partial charge in [-0.05, 0) is 19.2 Å². The van der Waals surface area contributed by atoms with Crippen LogP contribution in [0.15, 0.2) is 28.7 Å². The van der Waals surface area contributed by atoms with Crippen LogP contribution in [0.2, 0.25) is 0 Å². The van der Waals surface area contributed by atoms with Crippen molar-refractivity contribution in [2.24, 2.45) is 0 Å². The molecule has 0 amide bonds. The lowest BCUT2D eigenvalue weighted by atomic mass is 10.1. The molecule has 0 saturated carbocycles. The maximum atomic E-state index is 12.1. The number of carbonyl (C=O) groups excluding carboxylic acids is 1. The van der Waals surface area contributed by atoms with Crippen molar-refractivity contribution < 1.29 is 13.6 Å². The summed E-state index contributed by atoms with van der Waals surface area (Å²) in [4.78, 5) is 13.2. The zero-order chi connectivity index (χ0) is 12.8. The number of alkyl halides is 2. The molecule has 0 atom stereocenters. The van der Waals surface area contributed by atoms with Gasteiger partial charge in [-0.2, -0.15) is 0 Å². The van der Waals surface area contributed by atoms with Gasteiger partial charge in [-0.3, -0.25) is 4.79 Å². The number of rotatable bonds is 6. The molecule has 0 N–H and O–H groups in total. The molecule has 0 aliphatic carbocycles. The highest BCUT2D eigenvalue weighted by Crippen LogP contribution is 2.13.